The minimum absolute atomic E-state index is 0.201. The molecule has 0 saturated heterocycles. The Labute approximate surface area is 82.4 Å². The zero-order valence-electron chi connectivity index (χ0n) is 7.28. The highest BCUT2D eigenvalue weighted by Crippen LogP contribution is 2.33. The number of pyridine rings is 1. The summed E-state index contributed by atoms with van der Waals surface area (Å²) >= 11 is 0. The van der Waals surface area contributed by atoms with Crippen LogP contribution in [0, 0.1) is 11.3 Å². The normalized spacial score (nSPS) is 11.6. The summed E-state index contributed by atoms with van der Waals surface area (Å²) in [7, 11) is 0. The first kappa shape index (κ1) is 9.52. The van der Waals surface area contributed by atoms with E-state index in [1.165, 1.54) is 23.0 Å². The molecule has 6 heteroatoms. The van der Waals surface area contributed by atoms with Crippen LogP contribution in [0.2, 0.25) is 0 Å². The van der Waals surface area contributed by atoms with E-state index in [9.17, 15) is 13.2 Å². The molecule has 0 spiro atoms. The number of alkyl halides is 3. The molecular weight excluding hydrogens is 207 g/mol. The first-order valence-corrected chi connectivity index (χ1v) is 3.97. The summed E-state index contributed by atoms with van der Waals surface area (Å²) in [5, 5.41) is 8.62. The fourth-order valence-electron chi connectivity index (χ4n) is 1.36. The molecule has 0 unspecified atom stereocenters. The number of halogens is 3. The van der Waals surface area contributed by atoms with Crippen molar-refractivity contribution in [1.29, 1.82) is 5.26 Å². The first-order valence-electron chi connectivity index (χ1n) is 3.97. The van der Waals surface area contributed by atoms with Crippen LogP contribution in [0.4, 0.5) is 13.2 Å². The van der Waals surface area contributed by atoms with Crippen molar-refractivity contribution in [2.45, 2.75) is 6.18 Å². The van der Waals surface area contributed by atoms with Crippen LogP contribution in [-0.4, -0.2) is 9.38 Å². The number of rotatable bonds is 0. The Balaban J connectivity index is 2.86. The molecule has 15 heavy (non-hydrogen) atoms. The van der Waals surface area contributed by atoms with Gasteiger partial charge in [0.15, 0.2) is 5.69 Å². The fourth-order valence-corrected chi connectivity index (χ4v) is 1.36. The maximum Gasteiger partial charge on any atom is 0.418 e. The van der Waals surface area contributed by atoms with Gasteiger partial charge in [-0.05, 0) is 12.1 Å². The van der Waals surface area contributed by atoms with Crippen molar-refractivity contribution >= 4 is 5.52 Å². The average Bonchev–Trinajstić information content (AvgIpc) is 2.58. The molecule has 0 bridgehead atoms. The predicted molar refractivity (Wildman–Crippen MR) is 44.9 cm³/mol. The first-order chi connectivity index (χ1) is 7.04. The van der Waals surface area contributed by atoms with E-state index in [2.05, 4.69) is 4.98 Å². The van der Waals surface area contributed by atoms with Crippen molar-refractivity contribution in [2.75, 3.05) is 0 Å². The molecule has 0 radical (unpaired) electrons. The number of fused-ring (bicyclic) bond motifs is 1. The van der Waals surface area contributed by atoms with Crippen molar-refractivity contribution in [3.05, 3.63) is 35.9 Å². The molecule has 0 aliphatic heterocycles. The summed E-state index contributed by atoms with van der Waals surface area (Å²) in [4.78, 5) is 3.59. The number of nitrogens with zero attached hydrogens (tertiary/aromatic N) is 3. The third-order valence-electron chi connectivity index (χ3n) is 1.97. The Morgan fingerprint density at radius 3 is 2.73 bits per heavy atom. The zero-order chi connectivity index (χ0) is 11.1. The zero-order valence-corrected chi connectivity index (χ0v) is 7.28. The highest BCUT2D eigenvalue weighted by Gasteiger charge is 2.34. The Hall–Kier alpha value is -2.03. The van der Waals surface area contributed by atoms with Gasteiger partial charge in [-0.1, -0.05) is 0 Å². The van der Waals surface area contributed by atoms with Crippen molar-refractivity contribution in [3.8, 4) is 6.07 Å². The monoisotopic (exact) mass is 211 g/mol. The molecule has 0 aromatic carbocycles. The number of aromatic nitrogens is 2. The van der Waals surface area contributed by atoms with Gasteiger partial charge in [-0.25, -0.2) is 4.98 Å². The van der Waals surface area contributed by atoms with Crippen molar-refractivity contribution in [1.82, 2.24) is 9.38 Å². The Morgan fingerprint density at radius 2 is 2.13 bits per heavy atom. The predicted octanol–water partition coefficient (Wildman–Crippen LogP) is 2.22. The van der Waals surface area contributed by atoms with E-state index >= 15 is 0 Å². The van der Waals surface area contributed by atoms with Crippen LogP contribution in [0.25, 0.3) is 5.52 Å². The van der Waals surface area contributed by atoms with Crippen molar-refractivity contribution in [2.24, 2.45) is 0 Å². The summed E-state index contributed by atoms with van der Waals surface area (Å²) < 4.78 is 38.9. The maximum atomic E-state index is 12.6. The molecule has 0 fully saturated rings. The van der Waals surface area contributed by atoms with Crippen LogP contribution in [0.1, 0.15) is 11.3 Å². The third-order valence-corrected chi connectivity index (χ3v) is 1.97. The summed E-state index contributed by atoms with van der Waals surface area (Å²) in [6, 6.07) is 3.82. The molecule has 0 saturated carbocycles. The van der Waals surface area contributed by atoms with Gasteiger partial charge in [0.2, 0.25) is 0 Å². The molecule has 76 valence electrons. The Morgan fingerprint density at radius 1 is 1.40 bits per heavy atom. The van der Waals surface area contributed by atoms with Gasteiger partial charge < -0.3 is 4.40 Å². The van der Waals surface area contributed by atoms with Gasteiger partial charge in [-0.3, -0.25) is 0 Å². The van der Waals surface area contributed by atoms with Crippen LogP contribution in [-0.2, 0) is 6.18 Å². The molecule has 0 aliphatic carbocycles. The summed E-state index contributed by atoms with van der Waals surface area (Å²) in [6.07, 6.45) is -1.88. The Kier molecular flexibility index (Phi) is 1.89. The highest BCUT2D eigenvalue weighted by atomic mass is 19.4. The molecular formula is C9H4F3N3. The van der Waals surface area contributed by atoms with E-state index in [1.807, 2.05) is 0 Å². The highest BCUT2D eigenvalue weighted by molar-refractivity contribution is 5.64. The second kappa shape index (κ2) is 2.98. The lowest BCUT2D eigenvalue weighted by molar-refractivity contribution is -0.136. The van der Waals surface area contributed by atoms with Gasteiger partial charge in [0.1, 0.15) is 12.4 Å². The fraction of sp³-hybridized carbons (Fsp3) is 0.111. The molecule has 0 amide bonds. The van der Waals surface area contributed by atoms with Gasteiger partial charge in [0.25, 0.3) is 0 Å². The number of hydrogen-bond acceptors (Lipinski definition) is 2. The molecule has 0 aliphatic rings. The van der Waals surface area contributed by atoms with Gasteiger partial charge in [-0.2, -0.15) is 18.4 Å². The van der Waals surface area contributed by atoms with Gasteiger partial charge in [-0.15, -0.1) is 0 Å². The summed E-state index contributed by atoms with van der Waals surface area (Å²) in [5.41, 5.74) is -1.27. The van der Waals surface area contributed by atoms with Gasteiger partial charge in [0, 0.05) is 6.20 Å². The third kappa shape index (κ3) is 1.42. The second-order valence-electron chi connectivity index (χ2n) is 2.88. The summed E-state index contributed by atoms with van der Waals surface area (Å²) in [5.74, 6) is 0. The quantitative estimate of drug-likeness (QED) is 0.670. The van der Waals surface area contributed by atoms with E-state index in [0.717, 1.165) is 6.07 Å². The van der Waals surface area contributed by atoms with Crippen LogP contribution in [0.15, 0.2) is 24.7 Å². The Bertz CT molecular complexity index is 548. The molecule has 2 aromatic heterocycles. The van der Waals surface area contributed by atoms with Crippen LogP contribution < -0.4 is 0 Å². The van der Waals surface area contributed by atoms with E-state index in [4.69, 9.17) is 5.26 Å². The number of nitriles is 1. The molecule has 3 nitrogen and oxygen atoms in total. The lowest BCUT2D eigenvalue weighted by Gasteiger charge is -2.07. The van der Waals surface area contributed by atoms with E-state index in [-0.39, 0.29) is 11.2 Å². The standard InChI is InChI=1S/C9H4F3N3/c10-9(11,12)6-2-1-3-15-5-14-7(4-13)8(6)15/h1-3,5H. The minimum Gasteiger partial charge on any atom is -0.304 e. The van der Waals surface area contributed by atoms with Gasteiger partial charge >= 0.3 is 6.18 Å². The van der Waals surface area contributed by atoms with Crippen LogP contribution in [0.3, 0.4) is 0 Å². The SMILES string of the molecule is N#Cc1ncn2cccc(C(F)(F)F)c12. The van der Waals surface area contributed by atoms with E-state index in [1.54, 1.807) is 6.07 Å². The van der Waals surface area contributed by atoms with Gasteiger partial charge in [0.05, 0.1) is 11.1 Å². The number of imidazole rings is 1. The van der Waals surface area contributed by atoms with Crippen molar-refractivity contribution < 1.29 is 13.2 Å². The van der Waals surface area contributed by atoms with Crippen LogP contribution >= 0.6 is 0 Å². The number of hydrogen-bond donors (Lipinski definition) is 0. The smallest absolute Gasteiger partial charge is 0.304 e. The summed E-state index contributed by atoms with van der Waals surface area (Å²) in [6.45, 7) is 0. The van der Waals surface area contributed by atoms with Crippen LogP contribution in [0.5, 0.6) is 0 Å². The lowest BCUT2D eigenvalue weighted by Crippen LogP contribution is -2.07. The largest absolute Gasteiger partial charge is 0.418 e. The average molecular weight is 211 g/mol. The second-order valence-corrected chi connectivity index (χ2v) is 2.88. The molecule has 2 aromatic rings. The molecule has 2 rings (SSSR count). The maximum absolute atomic E-state index is 12.6. The molecule has 0 N–H and O–H groups in total. The molecule has 0 atom stereocenters. The molecule has 2 heterocycles. The minimum atomic E-state index is -4.48. The van der Waals surface area contributed by atoms with E-state index < -0.39 is 11.7 Å². The van der Waals surface area contributed by atoms with E-state index in [0.29, 0.717) is 0 Å². The lowest BCUT2D eigenvalue weighted by atomic mass is 10.2. The van der Waals surface area contributed by atoms with Crippen molar-refractivity contribution in [3.63, 3.8) is 0 Å². The topological polar surface area (TPSA) is 41.1 Å².